The van der Waals surface area contributed by atoms with Crippen LogP contribution < -0.4 is 10.6 Å². The van der Waals surface area contributed by atoms with Gasteiger partial charge in [-0.2, -0.15) is 0 Å². The van der Waals surface area contributed by atoms with Gasteiger partial charge in [0.25, 0.3) is 0 Å². The Hall–Kier alpha value is -0.970. The Bertz CT molecular complexity index is 397. The highest BCUT2D eigenvalue weighted by Gasteiger charge is 2.31. The maximum absolute atomic E-state index is 4.49. The second-order valence-corrected chi connectivity index (χ2v) is 5.68. The summed E-state index contributed by atoms with van der Waals surface area (Å²) in [6, 6.07) is 2.00. The zero-order valence-electron chi connectivity index (χ0n) is 11.4. The molecule has 0 amide bonds. The maximum Gasteiger partial charge on any atom is 0.191 e. The first-order valence-corrected chi connectivity index (χ1v) is 7.86. The van der Waals surface area contributed by atoms with E-state index < -0.39 is 0 Å². The molecule has 5 heteroatoms. The average Bonchev–Trinajstić information content (AvgIpc) is 3.09. The summed E-state index contributed by atoms with van der Waals surface area (Å²) in [5, 5.41) is 7.56. The normalized spacial score (nSPS) is 21.7. The number of thioether (sulfide) groups is 1. The van der Waals surface area contributed by atoms with Crippen molar-refractivity contribution in [1.82, 2.24) is 9.97 Å². The topological polar surface area (TPSA) is 49.8 Å². The molecule has 1 heterocycles. The van der Waals surface area contributed by atoms with Crippen molar-refractivity contribution in [3.63, 3.8) is 0 Å². The van der Waals surface area contributed by atoms with E-state index in [1.165, 1.54) is 6.42 Å². The lowest BCUT2D eigenvalue weighted by Gasteiger charge is -2.10. The summed E-state index contributed by atoms with van der Waals surface area (Å²) in [5.74, 6) is 3.55. The number of hydrogen-bond acceptors (Lipinski definition) is 5. The molecule has 0 saturated heterocycles. The number of rotatable bonds is 7. The van der Waals surface area contributed by atoms with Crippen LogP contribution in [0.15, 0.2) is 11.2 Å². The smallest absolute Gasteiger partial charge is 0.191 e. The van der Waals surface area contributed by atoms with Crippen molar-refractivity contribution in [3.05, 3.63) is 6.07 Å². The van der Waals surface area contributed by atoms with Gasteiger partial charge in [0.2, 0.25) is 0 Å². The summed E-state index contributed by atoms with van der Waals surface area (Å²) >= 11 is 1.58. The van der Waals surface area contributed by atoms with Crippen molar-refractivity contribution in [2.75, 3.05) is 30.0 Å². The van der Waals surface area contributed by atoms with Crippen molar-refractivity contribution in [1.29, 1.82) is 0 Å². The van der Waals surface area contributed by atoms with Gasteiger partial charge in [0.15, 0.2) is 5.16 Å². The molecule has 2 unspecified atom stereocenters. The van der Waals surface area contributed by atoms with Gasteiger partial charge in [0.05, 0.1) is 0 Å². The van der Waals surface area contributed by atoms with Gasteiger partial charge in [-0.15, -0.1) is 0 Å². The van der Waals surface area contributed by atoms with Crippen LogP contribution in [0, 0.1) is 11.8 Å². The zero-order chi connectivity index (χ0) is 13.0. The molecule has 0 spiro atoms. The summed E-state index contributed by atoms with van der Waals surface area (Å²) in [6.07, 6.45) is 4.45. The van der Waals surface area contributed by atoms with Crippen LogP contribution >= 0.6 is 11.8 Å². The molecular formula is C13H22N4S. The van der Waals surface area contributed by atoms with E-state index in [1.54, 1.807) is 11.8 Å². The summed E-state index contributed by atoms with van der Waals surface area (Å²) in [6.45, 7) is 6.42. The molecule has 4 nitrogen and oxygen atoms in total. The van der Waals surface area contributed by atoms with Crippen LogP contribution in [0.4, 0.5) is 11.6 Å². The molecule has 100 valence electrons. The van der Waals surface area contributed by atoms with Gasteiger partial charge in [-0.3, -0.25) is 0 Å². The minimum Gasteiger partial charge on any atom is -0.370 e. The highest BCUT2D eigenvalue weighted by atomic mass is 32.2. The molecule has 0 radical (unpaired) electrons. The minimum atomic E-state index is 0.822. The SMILES string of the molecule is CCCNc1cc(NCC2CC2C)nc(SC)n1. The van der Waals surface area contributed by atoms with Crippen molar-refractivity contribution in [2.45, 2.75) is 31.8 Å². The van der Waals surface area contributed by atoms with Gasteiger partial charge in [-0.1, -0.05) is 25.6 Å². The molecule has 18 heavy (non-hydrogen) atoms. The van der Waals surface area contributed by atoms with E-state index in [4.69, 9.17) is 0 Å². The lowest BCUT2D eigenvalue weighted by molar-refractivity contribution is 0.781. The Balaban J connectivity index is 1.98. The molecule has 1 aliphatic carbocycles. The summed E-state index contributed by atoms with van der Waals surface area (Å²) in [4.78, 5) is 8.93. The molecular weight excluding hydrogens is 244 g/mol. The summed E-state index contributed by atoms with van der Waals surface area (Å²) < 4.78 is 0. The van der Waals surface area contributed by atoms with Crippen LogP contribution in [0.2, 0.25) is 0 Å². The Morgan fingerprint density at radius 2 is 2.00 bits per heavy atom. The molecule has 2 rings (SSSR count). The molecule has 1 aromatic rings. The van der Waals surface area contributed by atoms with E-state index in [-0.39, 0.29) is 0 Å². The Morgan fingerprint density at radius 1 is 1.33 bits per heavy atom. The van der Waals surface area contributed by atoms with E-state index >= 15 is 0 Å². The third kappa shape index (κ3) is 3.77. The molecule has 2 atom stereocenters. The van der Waals surface area contributed by atoms with Crippen molar-refractivity contribution >= 4 is 23.4 Å². The number of aromatic nitrogens is 2. The molecule has 1 saturated carbocycles. The maximum atomic E-state index is 4.49. The zero-order valence-corrected chi connectivity index (χ0v) is 12.2. The van der Waals surface area contributed by atoms with E-state index in [9.17, 15) is 0 Å². The Morgan fingerprint density at radius 3 is 2.56 bits per heavy atom. The molecule has 2 N–H and O–H groups in total. The van der Waals surface area contributed by atoms with E-state index in [0.717, 1.165) is 48.1 Å². The lowest BCUT2D eigenvalue weighted by atomic mass is 10.3. The van der Waals surface area contributed by atoms with E-state index in [0.29, 0.717) is 0 Å². The Labute approximate surface area is 113 Å². The van der Waals surface area contributed by atoms with Crippen LogP contribution in [0.5, 0.6) is 0 Å². The minimum absolute atomic E-state index is 0.822. The fourth-order valence-electron chi connectivity index (χ4n) is 1.87. The number of nitrogens with zero attached hydrogens (tertiary/aromatic N) is 2. The second-order valence-electron chi connectivity index (χ2n) is 4.91. The van der Waals surface area contributed by atoms with Crippen LogP contribution in [-0.4, -0.2) is 29.3 Å². The monoisotopic (exact) mass is 266 g/mol. The fourth-order valence-corrected chi connectivity index (χ4v) is 2.25. The number of nitrogens with one attached hydrogen (secondary N) is 2. The third-order valence-electron chi connectivity index (χ3n) is 3.27. The standard InChI is InChI=1S/C13H22N4S/c1-4-5-14-11-7-12(17-13(16-11)18-3)15-8-10-6-9(10)2/h7,9-10H,4-6,8H2,1-3H3,(H2,14,15,16,17). The molecule has 0 bridgehead atoms. The summed E-state index contributed by atoms with van der Waals surface area (Å²) in [7, 11) is 0. The van der Waals surface area contributed by atoms with Crippen LogP contribution in [0.25, 0.3) is 0 Å². The first-order valence-electron chi connectivity index (χ1n) is 6.63. The Kier molecular flexibility index (Phi) is 4.69. The molecule has 1 aromatic heterocycles. The number of hydrogen-bond donors (Lipinski definition) is 2. The summed E-state index contributed by atoms with van der Waals surface area (Å²) in [5.41, 5.74) is 0. The van der Waals surface area contributed by atoms with Gasteiger partial charge in [-0.25, -0.2) is 9.97 Å². The molecule has 0 aliphatic heterocycles. The van der Waals surface area contributed by atoms with Crippen LogP contribution in [0.3, 0.4) is 0 Å². The molecule has 0 aromatic carbocycles. The van der Waals surface area contributed by atoms with Crippen molar-refractivity contribution < 1.29 is 0 Å². The van der Waals surface area contributed by atoms with E-state index in [2.05, 4.69) is 34.4 Å². The van der Waals surface area contributed by atoms with Crippen LogP contribution in [-0.2, 0) is 0 Å². The van der Waals surface area contributed by atoms with Gasteiger partial charge in [-0.05, 0) is 30.9 Å². The van der Waals surface area contributed by atoms with Crippen LogP contribution in [0.1, 0.15) is 26.7 Å². The van der Waals surface area contributed by atoms with E-state index in [1.807, 2.05) is 12.3 Å². The lowest BCUT2D eigenvalue weighted by Crippen LogP contribution is -2.09. The van der Waals surface area contributed by atoms with Crippen molar-refractivity contribution in [3.8, 4) is 0 Å². The van der Waals surface area contributed by atoms with Crippen molar-refractivity contribution in [2.24, 2.45) is 11.8 Å². The third-order valence-corrected chi connectivity index (χ3v) is 3.81. The van der Waals surface area contributed by atoms with Gasteiger partial charge in [0, 0.05) is 19.2 Å². The van der Waals surface area contributed by atoms with Gasteiger partial charge >= 0.3 is 0 Å². The fraction of sp³-hybridized carbons (Fsp3) is 0.692. The molecule has 1 aliphatic rings. The average molecular weight is 266 g/mol. The highest BCUT2D eigenvalue weighted by Crippen LogP contribution is 2.37. The quantitative estimate of drug-likeness (QED) is 0.586. The predicted molar refractivity (Wildman–Crippen MR) is 78.4 cm³/mol. The second kappa shape index (κ2) is 6.27. The predicted octanol–water partition coefficient (Wildman–Crippen LogP) is 3.09. The first-order chi connectivity index (χ1) is 8.72. The van der Waals surface area contributed by atoms with Gasteiger partial charge in [0.1, 0.15) is 11.6 Å². The largest absolute Gasteiger partial charge is 0.370 e. The first kappa shape index (κ1) is 13.5. The number of anilines is 2. The van der Waals surface area contributed by atoms with Gasteiger partial charge < -0.3 is 10.6 Å². The molecule has 1 fully saturated rings. The highest BCUT2D eigenvalue weighted by molar-refractivity contribution is 7.98.